The summed E-state index contributed by atoms with van der Waals surface area (Å²) < 4.78 is 17.9. The van der Waals surface area contributed by atoms with Crippen molar-refractivity contribution in [3.8, 4) is 0 Å². The fourth-order valence-corrected chi connectivity index (χ4v) is 5.47. The lowest BCUT2D eigenvalue weighted by Gasteiger charge is -2.56. The first-order valence-corrected chi connectivity index (χ1v) is 9.21. The highest BCUT2D eigenvalue weighted by atomic mass is 17.2. The van der Waals surface area contributed by atoms with Gasteiger partial charge in [-0.05, 0) is 18.9 Å². The second-order valence-electron chi connectivity index (χ2n) is 8.74. The lowest BCUT2D eigenvalue weighted by molar-refractivity contribution is -0.413. The number of aliphatic hydroxyl groups is 1. The molecule has 4 aliphatic rings. The molecule has 0 amide bonds. The second-order valence-corrected chi connectivity index (χ2v) is 8.74. The number of aliphatic hydroxyl groups excluding tert-OH is 1. The van der Waals surface area contributed by atoms with Crippen LogP contribution in [0.15, 0.2) is 11.6 Å². The zero-order valence-corrected chi connectivity index (χ0v) is 16.2. The average molecular weight is 382 g/mol. The fourth-order valence-electron chi connectivity index (χ4n) is 5.47. The van der Waals surface area contributed by atoms with E-state index in [0.717, 1.165) is 5.57 Å². The summed E-state index contributed by atoms with van der Waals surface area (Å²) >= 11 is 0. The van der Waals surface area contributed by atoms with Gasteiger partial charge in [0.2, 0.25) is 0 Å². The molecule has 1 saturated carbocycles. The molecule has 7 atom stereocenters. The molecule has 0 aromatic carbocycles. The van der Waals surface area contributed by atoms with E-state index in [2.05, 4.69) is 6.92 Å². The molecule has 2 saturated heterocycles. The average Bonchev–Trinajstić information content (AvgIpc) is 3.31. The largest absolute Gasteiger partial charge is 0.426 e. The van der Waals surface area contributed by atoms with E-state index >= 15 is 0 Å². The highest BCUT2D eigenvalue weighted by Gasteiger charge is 2.86. The van der Waals surface area contributed by atoms with Crippen LogP contribution in [0.4, 0.5) is 0 Å². The molecule has 8 nitrogen and oxygen atoms in total. The van der Waals surface area contributed by atoms with Gasteiger partial charge in [0.1, 0.15) is 5.60 Å². The SMILES string of the molecule is CC(=O)OO[C@]1(OC(C)=O)C[C@]2(C)[C@@]3(C)CC(O)C(C)=C[C@H]3O[C@H]1[C@@]21CO1. The Labute approximate surface area is 157 Å². The maximum Gasteiger partial charge on any atom is 0.339 e. The van der Waals surface area contributed by atoms with Gasteiger partial charge in [0.05, 0.1) is 18.8 Å². The molecular weight excluding hydrogens is 356 g/mol. The van der Waals surface area contributed by atoms with Crippen LogP contribution >= 0.6 is 0 Å². The normalized spacial score (nSPS) is 50.0. The highest BCUT2D eigenvalue weighted by molar-refractivity contribution is 5.67. The Bertz CT molecular complexity index is 727. The molecule has 2 aliphatic heterocycles. The summed E-state index contributed by atoms with van der Waals surface area (Å²) in [4.78, 5) is 33.5. The molecule has 0 aromatic rings. The summed E-state index contributed by atoms with van der Waals surface area (Å²) in [7, 11) is 0. The van der Waals surface area contributed by atoms with Crippen LogP contribution in [0.5, 0.6) is 0 Å². The maximum absolute atomic E-state index is 11.9. The zero-order chi connectivity index (χ0) is 19.8. The van der Waals surface area contributed by atoms with Crippen molar-refractivity contribution in [2.75, 3.05) is 6.61 Å². The van der Waals surface area contributed by atoms with E-state index in [1.54, 1.807) is 0 Å². The van der Waals surface area contributed by atoms with Gasteiger partial charge in [-0.2, -0.15) is 0 Å². The Hall–Kier alpha value is -1.48. The number of rotatable bonds is 3. The first-order chi connectivity index (χ1) is 12.5. The van der Waals surface area contributed by atoms with E-state index < -0.39 is 46.4 Å². The van der Waals surface area contributed by atoms with Crippen LogP contribution in [-0.2, 0) is 33.6 Å². The van der Waals surface area contributed by atoms with Crippen molar-refractivity contribution in [1.29, 1.82) is 0 Å². The summed E-state index contributed by atoms with van der Waals surface area (Å²) in [5.41, 5.74) is -0.916. The number of carbonyl (C=O) groups excluding carboxylic acids is 2. The van der Waals surface area contributed by atoms with Crippen LogP contribution in [0.3, 0.4) is 0 Å². The van der Waals surface area contributed by atoms with E-state index in [-0.39, 0.29) is 12.5 Å². The number of ether oxygens (including phenoxy) is 3. The van der Waals surface area contributed by atoms with Crippen molar-refractivity contribution in [2.45, 2.75) is 77.2 Å². The lowest BCUT2D eigenvalue weighted by Crippen LogP contribution is -2.63. The van der Waals surface area contributed by atoms with Crippen molar-refractivity contribution in [2.24, 2.45) is 10.8 Å². The quantitative estimate of drug-likeness (QED) is 0.195. The molecule has 8 heteroatoms. The molecule has 3 fully saturated rings. The van der Waals surface area contributed by atoms with Gasteiger partial charge in [0.15, 0.2) is 6.10 Å². The third-order valence-electron chi connectivity index (χ3n) is 7.16. The molecule has 1 spiro atoms. The van der Waals surface area contributed by atoms with Gasteiger partial charge in [0, 0.05) is 31.1 Å². The minimum atomic E-state index is -1.60. The Morgan fingerprint density at radius 2 is 1.93 bits per heavy atom. The van der Waals surface area contributed by atoms with Crippen LogP contribution < -0.4 is 0 Å². The Morgan fingerprint density at radius 1 is 1.26 bits per heavy atom. The first kappa shape index (κ1) is 18.9. The van der Waals surface area contributed by atoms with Crippen molar-refractivity contribution in [3.05, 3.63) is 11.6 Å². The Kier molecular flexibility index (Phi) is 3.86. The third-order valence-corrected chi connectivity index (χ3v) is 7.16. The summed E-state index contributed by atoms with van der Waals surface area (Å²) in [5, 5.41) is 10.5. The molecule has 27 heavy (non-hydrogen) atoms. The molecule has 2 bridgehead atoms. The second kappa shape index (κ2) is 5.53. The van der Waals surface area contributed by atoms with Gasteiger partial charge in [-0.15, -0.1) is 4.89 Å². The molecule has 0 aromatic heterocycles. The van der Waals surface area contributed by atoms with E-state index in [1.807, 2.05) is 19.9 Å². The molecule has 1 N–H and O–H groups in total. The topological polar surface area (TPSA) is 104 Å². The molecule has 4 rings (SSSR count). The molecule has 0 radical (unpaired) electrons. The Morgan fingerprint density at radius 3 is 2.48 bits per heavy atom. The molecular formula is C19H26O8. The molecule has 1 unspecified atom stereocenters. The predicted octanol–water partition coefficient (Wildman–Crippen LogP) is 1.40. The number of hydrogen-bond acceptors (Lipinski definition) is 8. The number of epoxide rings is 1. The van der Waals surface area contributed by atoms with Crippen molar-refractivity contribution in [3.63, 3.8) is 0 Å². The highest BCUT2D eigenvalue weighted by Crippen LogP contribution is 2.74. The molecule has 150 valence electrons. The van der Waals surface area contributed by atoms with Crippen LogP contribution in [0.2, 0.25) is 0 Å². The monoisotopic (exact) mass is 382 g/mol. The summed E-state index contributed by atoms with van der Waals surface area (Å²) in [6.07, 6.45) is 0.976. The zero-order valence-electron chi connectivity index (χ0n) is 16.2. The standard InChI is InChI=1S/C19H26O8/c1-10-6-14-16(4,7-13(10)22)17(5)8-19(25-11(2)20,27-26-12(3)21)15(24-14)18(17)9-23-18/h6,13-15,22H,7-9H2,1-5H3/t13?,14-,15+,16+,17-,18+,19-/m1/s1. The van der Waals surface area contributed by atoms with Crippen LogP contribution in [0.25, 0.3) is 0 Å². The third kappa shape index (κ3) is 2.30. The van der Waals surface area contributed by atoms with Crippen molar-refractivity contribution >= 4 is 11.9 Å². The van der Waals surface area contributed by atoms with Crippen molar-refractivity contribution < 1.29 is 38.7 Å². The van der Waals surface area contributed by atoms with Gasteiger partial charge in [-0.25, -0.2) is 4.79 Å². The van der Waals surface area contributed by atoms with Crippen LogP contribution in [-0.4, -0.2) is 53.4 Å². The fraction of sp³-hybridized carbons (Fsp3) is 0.789. The maximum atomic E-state index is 11.9. The van der Waals surface area contributed by atoms with E-state index in [1.165, 1.54) is 13.8 Å². The Balaban J connectivity index is 1.82. The van der Waals surface area contributed by atoms with Gasteiger partial charge < -0.3 is 19.3 Å². The number of hydrogen-bond donors (Lipinski definition) is 1. The number of carbonyl (C=O) groups is 2. The lowest BCUT2D eigenvalue weighted by atomic mass is 9.52. The van der Waals surface area contributed by atoms with Crippen LogP contribution in [0, 0.1) is 10.8 Å². The smallest absolute Gasteiger partial charge is 0.339 e. The first-order valence-electron chi connectivity index (χ1n) is 9.21. The summed E-state index contributed by atoms with van der Waals surface area (Å²) in [6.45, 7) is 8.86. The predicted molar refractivity (Wildman–Crippen MR) is 89.9 cm³/mol. The summed E-state index contributed by atoms with van der Waals surface area (Å²) in [6, 6.07) is 0. The number of fused-ring (bicyclic) bond motifs is 2. The van der Waals surface area contributed by atoms with E-state index in [4.69, 9.17) is 24.0 Å². The minimum Gasteiger partial charge on any atom is -0.426 e. The van der Waals surface area contributed by atoms with E-state index in [9.17, 15) is 14.7 Å². The minimum absolute atomic E-state index is 0.226. The van der Waals surface area contributed by atoms with Gasteiger partial charge in [0.25, 0.3) is 5.79 Å². The number of esters is 1. The van der Waals surface area contributed by atoms with Crippen LogP contribution in [0.1, 0.15) is 47.5 Å². The summed E-state index contributed by atoms with van der Waals surface area (Å²) in [5.74, 6) is -2.83. The van der Waals surface area contributed by atoms with Gasteiger partial charge in [-0.1, -0.05) is 19.9 Å². The molecule has 2 heterocycles. The van der Waals surface area contributed by atoms with Crippen molar-refractivity contribution in [1.82, 2.24) is 0 Å². The van der Waals surface area contributed by atoms with Gasteiger partial charge >= 0.3 is 11.9 Å². The van der Waals surface area contributed by atoms with Gasteiger partial charge in [-0.3, -0.25) is 9.68 Å². The van der Waals surface area contributed by atoms with E-state index in [0.29, 0.717) is 13.0 Å². The molecule has 2 aliphatic carbocycles.